The van der Waals surface area contributed by atoms with Gasteiger partial charge in [0.1, 0.15) is 0 Å². The summed E-state index contributed by atoms with van der Waals surface area (Å²) in [5, 5.41) is 3.58. The number of imidazole rings is 1. The van der Waals surface area contributed by atoms with Crippen molar-refractivity contribution in [2.24, 2.45) is 5.41 Å². The number of nitrogens with one attached hydrogen (secondary N) is 1. The van der Waals surface area contributed by atoms with Crippen LogP contribution in [-0.4, -0.2) is 41.6 Å². The third kappa shape index (κ3) is 3.98. The van der Waals surface area contributed by atoms with Crippen LogP contribution in [0.15, 0.2) is 6.20 Å². The first-order valence-corrected chi connectivity index (χ1v) is 7.81. The Morgan fingerprint density at radius 3 is 2.60 bits per heavy atom. The largest absolute Gasteiger partial charge is 0.355 e. The van der Waals surface area contributed by atoms with Gasteiger partial charge in [-0.3, -0.25) is 0 Å². The number of anilines is 1. The lowest BCUT2D eigenvalue weighted by Gasteiger charge is -2.29. The summed E-state index contributed by atoms with van der Waals surface area (Å²) in [6.45, 7) is 8.71. The molecule has 1 aromatic heterocycles. The van der Waals surface area contributed by atoms with Crippen LogP contribution in [0.3, 0.4) is 0 Å². The summed E-state index contributed by atoms with van der Waals surface area (Å²) in [5.41, 5.74) is 1.36. The summed E-state index contributed by atoms with van der Waals surface area (Å²) < 4.78 is 2.37. The van der Waals surface area contributed by atoms with Crippen LogP contribution in [0.1, 0.15) is 51.3 Å². The second kappa shape index (κ2) is 6.17. The standard InChI is InChI=1S/C16H30N4/c1-13-10-20(14-8-6-7-9-14)15(18-13)17-11-16(2,3)12-19(4)5/h10,14H,6-9,11-12H2,1-5H3,(H,17,18). The van der Waals surface area contributed by atoms with Crippen LogP contribution in [0.5, 0.6) is 0 Å². The molecule has 1 fully saturated rings. The molecule has 0 bridgehead atoms. The molecule has 1 aliphatic rings. The fourth-order valence-electron chi connectivity index (χ4n) is 3.34. The van der Waals surface area contributed by atoms with Crippen molar-refractivity contribution in [3.05, 3.63) is 11.9 Å². The molecule has 4 nitrogen and oxygen atoms in total. The molecule has 114 valence electrons. The lowest BCUT2D eigenvalue weighted by molar-refractivity contribution is 0.253. The van der Waals surface area contributed by atoms with Gasteiger partial charge in [-0.2, -0.15) is 0 Å². The van der Waals surface area contributed by atoms with Crippen LogP contribution < -0.4 is 5.32 Å². The first kappa shape index (κ1) is 15.4. The molecule has 1 heterocycles. The summed E-state index contributed by atoms with van der Waals surface area (Å²) in [6, 6.07) is 0.649. The Bertz CT molecular complexity index is 428. The van der Waals surface area contributed by atoms with Gasteiger partial charge in [0.05, 0.1) is 5.69 Å². The van der Waals surface area contributed by atoms with E-state index in [1.807, 2.05) is 0 Å². The molecule has 0 radical (unpaired) electrons. The summed E-state index contributed by atoms with van der Waals surface area (Å²) in [7, 11) is 4.26. The van der Waals surface area contributed by atoms with Gasteiger partial charge in [0.15, 0.2) is 0 Å². The fraction of sp³-hybridized carbons (Fsp3) is 0.812. The Kier molecular flexibility index (Phi) is 4.74. The van der Waals surface area contributed by atoms with E-state index >= 15 is 0 Å². The molecule has 0 saturated heterocycles. The Labute approximate surface area is 123 Å². The zero-order valence-electron chi connectivity index (χ0n) is 13.7. The van der Waals surface area contributed by atoms with E-state index < -0.39 is 0 Å². The molecule has 1 saturated carbocycles. The molecule has 0 atom stereocenters. The summed E-state index contributed by atoms with van der Waals surface area (Å²) in [5.74, 6) is 1.06. The highest BCUT2D eigenvalue weighted by Crippen LogP contribution is 2.32. The minimum atomic E-state index is 0.240. The number of aryl methyl sites for hydroxylation is 1. The first-order valence-electron chi connectivity index (χ1n) is 7.81. The fourth-order valence-corrected chi connectivity index (χ4v) is 3.34. The van der Waals surface area contributed by atoms with Crippen LogP contribution in [-0.2, 0) is 0 Å². The van der Waals surface area contributed by atoms with Gasteiger partial charge >= 0.3 is 0 Å². The number of aromatic nitrogens is 2. The zero-order valence-corrected chi connectivity index (χ0v) is 13.7. The van der Waals surface area contributed by atoms with E-state index in [1.165, 1.54) is 25.7 Å². The van der Waals surface area contributed by atoms with Crippen LogP contribution >= 0.6 is 0 Å². The van der Waals surface area contributed by atoms with Gasteiger partial charge in [0.25, 0.3) is 0 Å². The van der Waals surface area contributed by atoms with E-state index in [2.05, 4.69) is 60.8 Å². The van der Waals surface area contributed by atoms with Gasteiger partial charge < -0.3 is 14.8 Å². The number of rotatable bonds is 6. The van der Waals surface area contributed by atoms with Crippen LogP contribution in [0.25, 0.3) is 0 Å². The Balaban J connectivity index is 2.02. The maximum Gasteiger partial charge on any atom is 0.203 e. The highest BCUT2D eigenvalue weighted by atomic mass is 15.2. The van der Waals surface area contributed by atoms with Crippen molar-refractivity contribution in [1.29, 1.82) is 0 Å². The van der Waals surface area contributed by atoms with E-state index in [9.17, 15) is 0 Å². The molecule has 20 heavy (non-hydrogen) atoms. The van der Waals surface area contributed by atoms with Crippen LogP contribution in [0.4, 0.5) is 5.95 Å². The number of hydrogen-bond donors (Lipinski definition) is 1. The maximum atomic E-state index is 4.68. The predicted octanol–water partition coefficient (Wildman–Crippen LogP) is 3.31. The molecule has 2 rings (SSSR count). The van der Waals surface area contributed by atoms with Gasteiger partial charge in [0.2, 0.25) is 5.95 Å². The first-order chi connectivity index (χ1) is 9.37. The quantitative estimate of drug-likeness (QED) is 0.866. The van der Waals surface area contributed by atoms with E-state index in [0.717, 1.165) is 24.7 Å². The molecule has 1 aromatic rings. The topological polar surface area (TPSA) is 33.1 Å². The van der Waals surface area contributed by atoms with E-state index in [4.69, 9.17) is 0 Å². The van der Waals surface area contributed by atoms with Crippen molar-refractivity contribution < 1.29 is 0 Å². The maximum absolute atomic E-state index is 4.68. The highest BCUT2D eigenvalue weighted by Gasteiger charge is 2.23. The number of nitrogens with zero attached hydrogens (tertiary/aromatic N) is 3. The van der Waals surface area contributed by atoms with Gasteiger partial charge in [-0.25, -0.2) is 4.98 Å². The Morgan fingerprint density at radius 1 is 1.35 bits per heavy atom. The third-order valence-corrected chi connectivity index (χ3v) is 4.04. The minimum Gasteiger partial charge on any atom is -0.355 e. The molecule has 1 aliphatic carbocycles. The van der Waals surface area contributed by atoms with Crippen molar-refractivity contribution in [2.75, 3.05) is 32.5 Å². The lowest BCUT2D eigenvalue weighted by Crippen LogP contribution is -2.35. The van der Waals surface area contributed by atoms with E-state index in [1.54, 1.807) is 0 Å². The van der Waals surface area contributed by atoms with Crippen molar-refractivity contribution in [1.82, 2.24) is 14.5 Å². The van der Waals surface area contributed by atoms with Crippen LogP contribution in [0.2, 0.25) is 0 Å². The molecule has 1 N–H and O–H groups in total. The average Bonchev–Trinajstić information content (AvgIpc) is 2.93. The molecule has 0 amide bonds. The molecule has 0 spiro atoms. The molecule has 0 aromatic carbocycles. The van der Waals surface area contributed by atoms with Crippen molar-refractivity contribution in [3.63, 3.8) is 0 Å². The van der Waals surface area contributed by atoms with Crippen molar-refractivity contribution in [3.8, 4) is 0 Å². The summed E-state index contributed by atoms with van der Waals surface area (Å²) in [6.07, 6.45) is 7.51. The second-order valence-corrected chi connectivity index (χ2v) is 7.31. The van der Waals surface area contributed by atoms with Gasteiger partial charge in [0, 0.05) is 25.3 Å². The van der Waals surface area contributed by atoms with Crippen molar-refractivity contribution >= 4 is 5.95 Å². The number of hydrogen-bond acceptors (Lipinski definition) is 3. The SMILES string of the molecule is Cc1cn(C2CCCC2)c(NCC(C)(C)CN(C)C)n1. The predicted molar refractivity (Wildman–Crippen MR) is 85.3 cm³/mol. The second-order valence-electron chi connectivity index (χ2n) is 7.31. The third-order valence-electron chi connectivity index (χ3n) is 4.04. The monoisotopic (exact) mass is 278 g/mol. The zero-order chi connectivity index (χ0) is 14.8. The summed E-state index contributed by atoms with van der Waals surface area (Å²) >= 11 is 0. The van der Waals surface area contributed by atoms with Gasteiger partial charge in [-0.05, 0) is 39.3 Å². The highest BCUT2D eigenvalue weighted by molar-refractivity contribution is 5.30. The lowest BCUT2D eigenvalue weighted by atomic mass is 9.93. The van der Waals surface area contributed by atoms with Crippen molar-refractivity contribution in [2.45, 2.75) is 52.5 Å². The smallest absolute Gasteiger partial charge is 0.203 e. The van der Waals surface area contributed by atoms with Gasteiger partial charge in [-0.1, -0.05) is 26.7 Å². The minimum absolute atomic E-state index is 0.240. The average molecular weight is 278 g/mol. The Hall–Kier alpha value is -1.03. The Morgan fingerprint density at radius 2 is 2.00 bits per heavy atom. The molecule has 4 heteroatoms. The molecular formula is C16H30N4. The van der Waals surface area contributed by atoms with Crippen LogP contribution in [0, 0.1) is 12.3 Å². The summed E-state index contributed by atoms with van der Waals surface area (Å²) in [4.78, 5) is 6.92. The molecular weight excluding hydrogens is 248 g/mol. The van der Waals surface area contributed by atoms with E-state index in [-0.39, 0.29) is 5.41 Å². The molecule has 0 unspecified atom stereocenters. The van der Waals surface area contributed by atoms with Gasteiger partial charge in [-0.15, -0.1) is 0 Å². The normalized spacial score (nSPS) is 17.1. The molecule has 0 aliphatic heterocycles. The van der Waals surface area contributed by atoms with E-state index in [0.29, 0.717) is 6.04 Å².